The minimum absolute atomic E-state index is 0.117. The number of rotatable bonds is 5. The Labute approximate surface area is 140 Å². The van der Waals surface area contributed by atoms with E-state index in [1.165, 1.54) is 0 Å². The van der Waals surface area contributed by atoms with Crippen molar-refractivity contribution in [3.63, 3.8) is 0 Å². The molecule has 23 heavy (non-hydrogen) atoms. The molecule has 5 heteroatoms. The van der Waals surface area contributed by atoms with Gasteiger partial charge in [-0.3, -0.25) is 4.79 Å². The second kappa shape index (κ2) is 6.22. The van der Waals surface area contributed by atoms with Gasteiger partial charge in [0.1, 0.15) is 12.4 Å². The third-order valence-electron chi connectivity index (χ3n) is 3.98. The van der Waals surface area contributed by atoms with Crippen molar-refractivity contribution in [1.82, 2.24) is 0 Å². The fraction of sp³-hybridized carbons (Fsp3) is 0.278. The second-order valence-corrected chi connectivity index (χ2v) is 6.44. The van der Waals surface area contributed by atoms with Crippen LogP contribution in [0.15, 0.2) is 42.5 Å². The number of amides is 1. The molecule has 0 bridgehead atoms. The van der Waals surface area contributed by atoms with E-state index in [0.29, 0.717) is 11.6 Å². The molecule has 0 aromatic heterocycles. The molecule has 0 heterocycles. The van der Waals surface area contributed by atoms with Gasteiger partial charge < -0.3 is 15.8 Å². The van der Waals surface area contributed by atoms with E-state index in [-0.39, 0.29) is 5.91 Å². The summed E-state index contributed by atoms with van der Waals surface area (Å²) in [6.07, 6.45) is 1.50. The molecule has 1 amide bonds. The van der Waals surface area contributed by atoms with Gasteiger partial charge >= 0.3 is 0 Å². The number of nitrogens with two attached hydrogens (primary N) is 1. The standard InChI is InChI=1S/C18H19ClN2O2/c1-12-9-15(23-11-13-3-2-4-14(19)10-13)5-6-16(12)21-17(22)18(20)7-8-18/h2-6,9-10H,7-8,11,20H2,1H3,(H,21,22). The van der Waals surface area contributed by atoms with Crippen molar-refractivity contribution in [3.8, 4) is 5.75 Å². The molecule has 0 atom stereocenters. The molecule has 1 saturated carbocycles. The van der Waals surface area contributed by atoms with Gasteiger partial charge in [-0.05, 0) is 61.2 Å². The lowest BCUT2D eigenvalue weighted by Gasteiger charge is -2.14. The Bertz CT molecular complexity index is 742. The number of hydrogen-bond donors (Lipinski definition) is 2. The monoisotopic (exact) mass is 330 g/mol. The summed E-state index contributed by atoms with van der Waals surface area (Å²) in [7, 11) is 0. The Hall–Kier alpha value is -2.04. The Balaban J connectivity index is 1.63. The zero-order valence-electron chi connectivity index (χ0n) is 12.9. The highest BCUT2D eigenvalue weighted by atomic mass is 35.5. The number of anilines is 1. The predicted octanol–water partition coefficient (Wildman–Crippen LogP) is 3.66. The number of carbonyl (C=O) groups is 1. The van der Waals surface area contributed by atoms with Gasteiger partial charge in [0.2, 0.25) is 5.91 Å². The number of hydrogen-bond acceptors (Lipinski definition) is 3. The lowest BCUT2D eigenvalue weighted by Crippen LogP contribution is -2.37. The van der Waals surface area contributed by atoms with Gasteiger partial charge in [-0.25, -0.2) is 0 Å². The van der Waals surface area contributed by atoms with Crippen LogP contribution in [-0.4, -0.2) is 11.4 Å². The van der Waals surface area contributed by atoms with E-state index in [1.54, 1.807) is 0 Å². The average Bonchev–Trinajstić information content (AvgIpc) is 3.27. The fourth-order valence-corrected chi connectivity index (χ4v) is 2.48. The van der Waals surface area contributed by atoms with Crippen LogP contribution < -0.4 is 15.8 Å². The van der Waals surface area contributed by atoms with E-state index >= 15 is 0 Å². The number of carbonyl (C=O) groups excluding carboxylic acids is 1. The van der Waals surface area contributed by atoms with Crippen molar-refractivity contribution in [1.29, 1.82) is 0 Å². The Morgan fingerprint density at radius 1 is 1.30 bits per heavy atom. The van der Waals surface area contributed by atoms with Gasteiger partial charge in [-0.15, -0.1) is 0 Å². The summed E-state index contributed by atoms with van der Waals surface area (Å²) < 4.78 is 5.77. The SMILES string of the molecule is Cc1cc(OCc2cccc(Cl)c2)ccc1NC(=O)C1(N)CC1. The lowest BCUT2D eigenvalue weighted by molar-refractivity contribution is -0.118. The maximum absolute atomic E-state index is 12.0. The van der Waals surface area contributed by atoms with Crippen LogP contribution in [0, 0.1) is 6.92 Å². The number of halogens is 1. The van der Waals surface area contributed by atoms with Gasteiger partial charge in [-0.2, -0.15) is 0 Å². The van der Waals surface area contributed by atoms with Crippen LogP contribution in [0.2, 0.25) is 5.02 Å². The predicted molar refractivity (Wildman–Crippen MR) is 91.7 cm³/mol. The smallest absolute Gasteiger partial charge is 0.244 e. The Morgan fingerprint density at radius 2 is 2.09 bits per heavy atom. The van der Waals surface area contributed by atoms with Crippen LogP contribution in [0.3, 0.4) is 0 Å². The minimum Gasteiger partial charge on any atom is -0.489 e. The quantitative estimate of drug-likeness (QED) is 0.879. The average molecular weight is 331 g/mol. The molecule has 1 fully saturated rings. The van der Waals surface area contributed by atoms with Crippen LogP contribution in [0.1, 0.15) is 24.0 Å². The van der Waals surface area contributed by atoms with Crippen molar-refractivity contribution in [2.45, 2.75) is 31.9 Å². The summed E-state index contributed by atoms with van der Waals surface area (Å²) in [6, 6.07) is 13.1. The summed E-state index contributed by atoms with van der Waals surface area (Å²) in [4.78, 5) is 12.0. The Morgan fingerprint density at radius 3 is 2.74 bits per heavy atom. The number of aryl methyl sites for hydroxylation is 1. The van der Waals surface area contributed by atoms with E-state index in [0.717, 1.165) is 35.4 Å². The first-order valence-electron chi connectivity index (χ1n) is 7.54. The molecule has 3 rings (SSSR count). The molecule has 4 nitrogen and oxygen atoms in total. The van der Waals surface area contributed by atoms with E-state index in [9.17, 15) is 4.79 Å². The zero-order valence-corrected chi connectivity index (χ0v) is 13.7. The van der Waals surface area contributed by atoms with Crippen molar-refractivity contribution in [3.05, 3.63) is 58.6 Å². The molecule has 0 aliphatic heterocycles. The zero-order chi connectivity index (χ0) is 16.4. The highest BCUT2D eigenvalue weighted by Gasteiger charge is 2.46. The summed E-state index contributed by atoms with van der Waals surface area (Å²) in [5.41, 5.74) is 7.93. The normalized spacial score (nSPS) is 15.1. The van der Waals surface area contributed by atoms with Crippen molar-refractivity contribution in [2.24, 2.45) is 5.73 Å². The first kappa shape index (κ1) is 15.8. The van der Waals surface area contributed by atoms with Crippen molar-refractivity contribution >= 4 is 23.2 Å². The number of benzene rings is 2. The summed E-state index contributed by atoms with van der Waals surface area (Å²) in [5, 5.41) is 3.58. The minimum atomic E-state index is -0.672. The van der Waals surface area contributed by atoms with Crippen LogP contribution in [0.25, 0.3) is 0 Å². The Kier molecular flexibility index (Phi) is 4.28. The molecule has 0 spiro atoms. The number of ether oxygens (including phenoxy) is 1. The van der Waals surface area contributed by atoms with E-state index in [4.69, 9.17) is 22.1 Å². The largest absolute Gasteiger partial charge is 0.489 e. The number of nitrogens with one attached hydrogen (secondary N) is 1. The maximum Gasteiger partial charge on any atom is 0.244 e. The summed E-state index contributed by atoms with van der Waals surface area (Å²) >= 11 is 5.96. The van der Waals surface area contributed by atoms with Crippen LogP contribution in [0.4, 0.5) is 5.69 Å². The molecule has 2 aromatic rings. The third-order valence-corrected chi connectivity index (χ3v) is 4.22. The summed E-state index contributed by atoms with van der Waals surface area (Å²) in [5.74, 6) is 0.627. The van der Waals surface area contributed by atoms with E-state index in [1.807, 2.05) is 49.4 Å². The summed E-state index contributed by atoms with van der Waals surface area (Å²) in [6.45, 7) is 2.37. The third kappa shape index (κ3) is 3.84. The maximum atomic E-state index is 12.0. The van der Waals surface area contributed by atoms with E-state index < -0.39 is 5.54 Å². The second-order valence-electron chi connectivity index (χ2n) is 6.01. The molecule has 0 unspecified atom stereocenters. The molecule has 1 aliphatic rings. The molecule has 1 aliphatic carbocycles. The molecular formula is C18H19ClN2O2. The van der Waals surface area contributed by atoms with Crippen LogP contribution >= 0.6 is 11.6 Å². The molecule has 0 radical (unpaired) electrons. The lowest BCUT2D eigenvalue weighted by atomic mass is 10.1. The van der Waals surface area contributed by atoms with Gasteiger partial charge in [0.05, 0.1) is 5.54 Å². The molecule has 3 N–H and O–H groups in total. The molecular weight excluding hydrogens is 312 g/mol. The topological polar surface area (TPSA) is 64.3 Å². The van der Waals surface area contributed by atoms with Gasteiger partial charge in [0.25, 0.3) is 0 Å². The molecule has 2 aromatic carbocycles. The molecule has 120 valence electrons. The fourth-order valence-electron chi connectivity index (χ4n) is 2.27. The van der Waals surface area contributed by atoms with Gasteiger partial charge in [0.15, 0.2) is 0 Å². The van der Waals surface area contributed by atoms with Crippen LogP contribution in [-0.2, 0) is 11.4 Å². The first-order valence-corrected chi connectivity index (χ1v) is 7.92. The van der Waals surface area contributed by atoms with Crippen molar-refractivity contribution < 1.29 is 9.53 Å². The molecule has 0 saturated heterocycles. The first-order chi connectivity index (χ1) is 11.0. The van der Waals surface area contributed by atoms with Crippen molar-refractivity contribution in [2.75, 3.05) is 5.32 Å². The van der Waals surface area contributed by atoms with Gasteiger partial charge in [0, 0.05) is 10.7 Å². The van der Waals surface area contributed by atoms with Gasteiger partial charge in [-0.1, -0.05) is 23.7 Å². The van der Waals surface area contributed by atoms with Crippen LogP contribution in [0.5, 0.6) is 5.75 Å². The highest BCUT2D eigenvalue weighted by Crippen LogP contribution is 2.34. The van der Waals surface area contributed by atoms with E-state index in [2.05, 4.69) is 5.32 Å². The highest BCUT2D eigenvalue weighted by molar-refractivity contribution is 6.30.